The first kappa shape index (κ1) is 15.9. The molecule has 0 saturated heterocycles. The van der Waals surface area contributed by atoms with Crippen molar-refractivity contribution in [1.29, 1.82) is 0 Å². The highest BCUT2D eigenvalue weighted by molar-refractivity contribution is 5.63. The van der Waals surface area contributed by atoms with Gasteiger partial charge in [0.15, 0.2) is 0 Å². The Balaban J connectivity index is -0.0000000787. The number of aliphatic carboxylic acids is 2. The third kappa shape index (κ3) is 181. The Labute approximate surface area is 58.4 Å². The van der Waals surface area contributed by atoms with Crippen molar-refractivity contribution in [2.45, 2.75) is 13.8 Å². The van der Waals surface area contributed by atoms with Crippen molar-refractivity contribution < 1.29 is 19.8 Å². The molecule has 6 heteroatoms. The fourth-order valence-corrected chi connectivity index (χ4v) is 0. The zero-order valence-corrected chi connectivity index (χ0v) is 5.87. The molecule has 0 spiro atoms. The number of hydrogen-bond acceptors (Lipinski definition) is 4. The predicted octanol–water partition coefficient (Wildman–Crippen LogP) is -0.999. The third-order valence-electron chi connectivity index (χ3n) is 0. The van der Waals surface area contributed by atoms with E-state index < -0.39 is 11.9 Å². The lowest BCUT2D eigenvalue weighted by Gasteiger charge is -1.59. The maximum absolute atomic E-state index is 9.00. The molecule has 0 aliphatic heterocycles. The largest absolute Gasteiger partial charge is 0.481 e. The molecular formula is C4H12N2O4. The number of hydrogen-bond donors (Lipinski definition) is 4. The Hall–Kier alpha value is -1.14. The van der Waals surface area contributed by atoms with Crippen molar-refractivity contribution in [2.24, 2.45) is 11.7 Å². The van der Waals surface area contributed by atoms with E-state index in [0.29, 0.717) is 0 Å². The van der Waals surface area contributed by atoms with Crippen LogP contribution in [0, 0.1) is 0 Å². The molecule has 0 atom stereocenters. The van der Waals surface area contributed by atoms with Crippen LogP contribution in [0.4, 0.5) is 0 Å². The summed E-state index contributed by atoms with van der Waals surface area (Å²) in [5.74, 6) is 6.33. The topological polar surface area (TPSA) is 127 Å². The van der Waals surface area contributed by atoms with Gasteiger partial charge < -0.3 is 10.2 Å². The molecule has 6 N–H and O–H groups in total. The summed E-state index contributed by atoms with van der Waals surface area (Å²) in [5, 5.41) is 14.8. The van der Waals surface area contributed by atoms with Crippen molar-refractivity contribution >= 4 is 11.9 Å². The maximum Gasteiger partial charge on any atom is 0.300 e. The number of carboxylic acid groups (broad SMARTS) is 2. The molecule has 0 unspecified atom stereocenters. The predicted molar refractivity (Wildman–Crippen MR) is 35.0 cm³/mol. The third-order valence-corrected chi connectivity index (χ3v) is 0. The molecule has 0 aromatic heterocycles. The van der Waals surface area contributed by atoms with Crippen LogP contribution >= 0.6 is 0 Å². The number of carboxylic acids is 2. The van der Waals surface area contributed by atoms with Crippen LogP contribution in [0.2, 0.25) is 0 Å². The smallest absolute Gasteiger partial charge is 0.300 e. The monoisotopic (exact) mass is 152 g/mol. The summed E-state index contributed by atoms with van der Waals surface area (Å²) in [6.45, 7) is 2.17. The summed E-state index contributed by atoms with van der Waals surface area (Å²) in [5.41, 5.74) is 0. The minimum Gasteiger partial charge on any atom is -0.481 e. The average molecular weight is 152 g/mol. The number of hydrazine groups is 1. The molecule has 10 heavy (non-hydrogen) atoms. The van der Waals surface area contributed by atoms with Crippen molar-refractivity contribution in [3.63, 3.8) is 0 Å². The second-order valence-corrected chi connectivity index (χ2v) is 1.04. The molecule has 62 valence electrons. The van der Waals surface area contributed by atoms with E-state index in [4.69, 9.17) is 19.8 Å². The van der Waals surface area contributed by atoms with Crippen LogP contribution in [0.3, 0.4) is 0 Å². The molecule has 0 amide bonds. The van der Waals surface area contributed by atoms with Gasteiger partial charge >= 0.3 is 0 Å². The van der Waals surface area contributed by atoms with Gasteiger partial charge in [0.1, 0.15) is 0 Å². The second-order valence-electron chi connectivity index (χ2n) is 1.04. The van der Waals surface area contributed by atoms with Gasteiger partial charge in [-0.3, -0.25) is 21.3 Å². The van der Waals surface area contributed by atoms with Gasteiger partial charge in [-0.15, -0.1) is 0 Å². The van der Waals surface area contributed by atoms with Gasteiger partial charge in [0.05, 0.1) is 0 Å². The summed E-state index contributed by atoms with van der Waals surface area (Å²) in [7, 11) is 0. The molecule has 0 heterocycles. The van der Waals surface area contributed by atoms with E-state index in [1.807, 2.05) is 0 Å². The first-order chi connectivity index (χ1) is 4.46. The lowest BCUT2D eigenvalue weighted by atomic mass is 10.9. The Morgan fingerprint density at radius 3 is 1.00 bits per heavy atom. The normalized spacial score (nSPS) is 5.60. The lowest BCUT2D eigenvalue weighted by Crippen LogP contribution is -2.02. The van der Waals surface area contributed by atoms with Crippen LogP contribution in [0.5, 0.6) is 0 Å². The quantitative estimate of drug-likeness (QED) is 0.260. The summed E-state index contributed by atoms with van der Waals surface area (Å²) >= 11 is 0. The molecule has 0 aromatic rings. The standard InChI is InChI=1S/2C2H4O2.H4N2/c2*1-2(3)4;1-2/h2*1H3,(H,3,4);1-2H2. The Morgan fingerprint density at radius 2 is 1.00 bits per heavy atom. The molecule has 0 fully saturated rings. The van der Waals surface area contributed by atoms with Crippen LogP contribution in [-0.4, -0.2) is 22.2 Å². The minimum atomic E-state index is -0.833. The van der Waals surface area contributed by atoms with Crippen molar-refractivity contribution in [1.82, 2.24) is 0 Å². The summed E-state index contributed by atoms with van der Waals surface area (Å²) in [6.07, 6.45) is 0. The molecule has 0 bridgehead atoms. The van der Waals surface area contributed by atoms with E-state index in [9.17, 15) is 0 Å². The summed E-state index contributed by atoms with van der Waals surface area (Å²) in [4.78, 5) is 18.0. The van der Waals surface area contributed by atoms with E-state index in [1.165, 1.54) is 0 Å². The fraction of sp³-hybridized carbons (Fsp3) is 0.500. The van der Waals surface area contributed by atoms with Gasteiger partial charge in [-0.1, -0.05) is 0 Å². The van der Waals surface area contributed by atoms with Gasteiger partial charge in [-0.2, -0.15) is 0 Å². The first-order valence-electron chi connectivity index (χ1n) is 2.19. The van der Waals surface area contributed by atoms with Gasteiger partial charge in [-0.25, -0.2) is 0 Å². The molecule has 0 aliphatic carbocycles. The molecule has 0 radical (unpaired) electrons. The van der Waals surface area contributed by atoms with E-state index in [2.05, 4.69) is 11.7 Å². The van der Waals surface area contributed by atoms with Crippen LogP contribution in [0.1, 0.15) is 13.8 Å². The molecule has 0 aromatic carbocycles. The van der Waals surface area contributed by atoms with Gasteiger partial charge in [-0.05, 0) is 0 Å². The molecule has 6 nitrogen and oxygen atoms in total. The number of nitrogens with two attached hydrogens (primary N) is 2. The molecule has 0 saturated carbocycles. The highest BCUT2D eigenvalue weighted by atomic mass is 16.4. The Kier molecular flexibility index (Phi) is 25.0. The highest BCUT2D eigenvalue weighted by Gasteiger charge is 1.65. The average Bonchev–Trinajstić information content (AvgIpc) is 1.66. The molecular weight excluding hydrogens is 140 g/mol. The number of rotatable bonds is 0. The van der Waals surface area contributed by atoms with Gasteiger partial charge in [0.25, 0.3) is 11.9 Å². The van der Waals surface area contributed by atoms with Crippen LogP contribution in [-0.2, 0) is 9.59 Å². The lowest BCUT2D eigenvalue weighted by molar-refractivity contribution is -0.135. The van der Waals surface area contributed by atoms with E-state index in [0.717, 1.165) is 13.8 Å². The second kappa shape index (κ2) is 15.7. The maximum atomic E-state index is 9.00. The summed E-state index contributed by atoms with van der Waals surface area (Å²) < 4.78 is 0. The summed E-state index contributed by atoms with van der Waals surface area (Å²) in [6, 6.07) is 0. The van der Waals surface area contributed by atoms with Gasteiger partial charge in [0, 0.05) is 13.8 Å². The first-order valence-corrected chi connectivity index (χ1v) is 2.19. The van der Waals surface area contributed by atoms with Crippen molar-refractivity contribution in [2.75, 3.05) is 0 Å². The van der Waals surface area contributed by atoms with Crippen molar-refractivity contribution in [3.8, 4) is 0 Å². The fourth-order valence-electron chi connectivity index (χ4n) is 0. The minimum absolute atomic E-state index is 0.833. The highest BCUT2D eigenvalue weighted by Crippen LogP contribution is 1.42. The van der Waals surface area contributed by atoms with E-state index in [-0.39, 0.29) is 0 Å². The van der Waals surface area contributed by atoms with Crippen LogP contribution < -0.4 is 11.7 Å². The SMILES string of the molecule is CC(=O)O.CC(=O)O.NN. The molecule has 0 rings (SSSR count). The molecule has 0 aliphatic rings. The van der Waals surface area contributed by atoms with Crippen LogP contribution in [0.25, 0.3) is 0 Å². The van der Waals surface area contributed by atoms with Crippen molar-refractivity contribution in [3.05, 3.63) is 0 Å². The van der Waals surface area contributed by atoms with Crippen LogP contribution in [0.15, 0.2) is 0 Å². The van der Waals surface area contributed by atoms with E-state index >= 15 is 0 Å². The van der Waals surface area contributed by atoms with E-state index in [1.54, 1.807) is 0 Å². The Morgan fingerprint density at radius 1 is 1.00 bits per heavy atom. The zero-order chi connectivity index (χ0) is 9.15. The Bertz CT molecular complexity index is 73.3. The zero-order valence-electron chi connectivity index (χ0n) is 5.87. The van der Waals surface area contributed by atoms with Gasteiger partial charge in [0.2, 0.25) is 0 Å². The number of carbonyl (C=O) groups is 2.